The van der Waals surface area contributed by atoms with Crippen LogP contribution in [-0.2, 0) is 26.2 Å². The van der Waals surface area contributed by atoms with Crippen LogP contribution in [0.2, 0.25) is 0 Å². The van der Waals surface area contributed by atoms with E-state index in [-0.39, 0.29) is 17.5 Å². The molecule has 0 saturated heterocycles. The highest BCUT2D eigenvalue weighted by molar-refractivity contribution is 5.99. The third-order valence-corrected chi connectivity index (χ3v) is 7.55. The zero-order valence-electron chi connectivity index (χ0n) is 22.1. The van der Waals surface area contributed by atoms with Crippen LogP contribution in [-0.4, -0.2) is 50.4 Å². The van der Waals surface area contributed by atoms with E-state index in [0.29, 0.717) is 66.3 Å². The van der Waals surface area contributed by atoms with Gasteiger partial charge in [-0.2, -0.15) is 18.3 Å². The van der Waals surface area contributed by atoms with Gasteiger partial charge in [0.1, 0.15) is 11.5 Å². The molecular weight excluding hydrogens is 523 g/mol. The molecule has 2 aromatic carbocycles. The first-order valence-corrected chi connectivity index (χ1v) is 13.1. The minimum atomic E-state index is -4.64. The van der Waals surface area contributed by atoms with E-state index in [4.69, 9.17) is 9.47 Å². The van der Waals surface area contributed by atoms with Gasteiger partial charge in [-0.1, -0.05) is 0 Å². The Hall–Kier alpha value is -4.28. The fourth-order valence-electron chi connectivity index (χ4n) is 5.78. The molecule has 8 nitrogen and oxygen atoms in total. The summed E-state index contributed by atoms with van der Waals surface area (Å²) in [6, 6.07) is 8.88. The predicted molar refractivity (Wildman–Crippen MR) is 140 cm³/mol. The third kappa shape index (κ3) is 4.69. The molecule has 0 N–H and O–H groups in total. The summed E-state index contributed by atoms with van der Waals surface area (Å²) < 4.78 is 56.5. The van der Waals surface area contributed by atoms with Crippen LogP contribution < -0.4 is 9.47 Å². The Labute approximate surface area is 228 Å². The van der Waals surface area contributed by atoms with Crippen molar-refractivity contribution in [2.75, 3.05) is 20.3 Å². The van der Waals surface area contributed by atoms with Crippen molar-refractivity contribution in [2.24, 2.45) is 7.05 Å². The molecule has 0 aliphatic carbocycles. The predicted octanol–water partition coefficient (Wildman–Crippen LogP) is 5.27. The normalized spacial score (nSPS) is 17.2. The number of rotatable bonds is 5. The molecule has 2 aromatic heterocycles. The molecule has 0 bridgehead atoms. The second kappa shape index (κ2) is 10.0. The molecular formula is C29H28F3N5O3. The van der Waals surface area contributed by atoms with E-state index in [2.05, 4.69) is 10.1 Å². The first kappa shape index (κ1) is 26.0. The van der Waals surface area contributed by atoms with Gasteiger partial charge in [-0.3, -0.25) is 9.48 Å². The van der Waals surface area contributed by atoms with E-state index in [0.717, 1.165) is 12.0 Å². The molecule has 208 valence electrons. The highest BCUT2D eigenvalue weighted by Gasteiger charge is 2.40. The van der Waals surface area contributed by atoms with Crippen molar-refractivity contribution < 1.29 is 27.4 Å². The number of imidazole rings is 1. The number of amides is 1. The standard InChI is InChI=1S/C29H28F3N5O3/c1-35-16-24(27(34-35)29(30,31)32)21-12-18(15-36-10-8-33-17-36)13-22-20(21)7-9-37(28(22)38)25-4-3-11-40-26-6-5-19(39-2)14-23(25)26/h5-6,8,10,12-14,16-17,25H,3-4,7,9,11,15H2,1-2H3/t25-/m0/s1. The molecule has 0 spiro atoms. The molecule has 6 rings (SSSR count). The van der Waals surface area contributed by atoms with Crippen LogP contribution >= 0.6 is 0 Å². The first-order valence-electron chi connectivity index (χ1n) is 13.1. The number of alkyl halides is 3. The monoisotopic (exact) mass is 551 g/mol. The summed E-state index contributed by atoms with van der Waals surface area (Å²) in [6.07, 6.45) is 3.64. The van der Waals surface area contributed by atoms with Crippen molar-refractivity contribution in [3.05, 3.63) is 83.2 Å². The number of aryl methyl sites for hydroxylation is 1. The number of benzene rings is 2. The maximum absolute atomic E-state index is 14.2. The Balaban J connectivity index is 1.47. The highest BCUT2D eigenvalue weighted by Crippen LogP contribution is 2.43. The summed E-state index contributed by atoms with van der Waals surface area (Å²) in [5, 5.41) is 3.73. The number of hydrogen-bond donors (Lipinski definition) is 0. The molecule has 0 unspecified atom stereocenters. The molecule has 0 saturated carbocycles. The molecule has 2 aliphatic rings. The minimum Gasteiger partial charge on any atom is -0.497 e. The van der Waals surface area contributed by atoms with E-state index in [1.807, 2.05) is 27.7 Å². The highest BCUT2D eigenvalue weighted by atomic mass is 19.4. The summed E-state index contributed by atoms with van der Waals surface area (Å²) in [6.45, 7) is 1.25. The zero-order chi connectivity index (χ0) is 28.0. The molecule has 4 heterocycles. The summed E-state index contributed by atoms with van der Waals surface area (Å²) in [7, 11) is 3.06. The van der Waals surface area contributed by atoms with Crippen molar-refractivity contribution in [2.45, 2.75) is 38.0 Å². The van der Waals surface area contributed by atoms with Gasteiger partial charge >= 0.3 is 6.18 Å². The smallest absolute Gasteiger partial charge is 0.435 e. The number of carbonyl (C=O) groups excluding carboxylic acids is 1. The summed E-state index contributed by atoms with van der Waals surface area (Å²) in [5.41, 5.74) is 1.97. The van der Waals surface area contributed by atoms with E-state index in [1.165, 1.54) is 17.9 Å². The lowest BCUT2D eigenvalue weighted by Gasteiger charge is -2.36. The molecule has 11 heteroatoms. The Kier molecular flexibility index (Phi) is 6.52. The van der Waals surface area contributed by atoms with Gasteiger partial charge in [-0.05, 0) is 66.3 Å². The number of halogens is 3. The first-order chi connectivity index (χ1) is 19.2. The number of fused-ring (bicyclic) bond motifs is 2. The van der Waals surface area contributed by atoms with E-state index in [1.54, 1.807) is 38.0 Å². The van der Waals surface area contributed by atoms with Crippen molar-refractivity contribution >= 4 is 5.91 Å². The molecule has 0 fully saturated rings. The number of nitrogens with zero attached hydrogens (tertiary/aromatic N) is 5. The number of methoxy groups -OCH3 is 1. The number of ether oxygens (including phenoxy) is 2. The topological polar surface area (TPSA) is 74.4 Å². The van der Waals surface area contributed by atoms with Crippen LogP contribution in [0.5, 0.6) is 11.5 Å². The van der Waals surface area contributed by atoms with Crippen LogP contribution in [0.15, 0.2) is 55.2 Å². The van der Waals surface area contributed by atoms with Gasteiger partial charge in [0.25, 0.3) is 5.91 Å². The van der Waals surface area contributed by atoms with Gasteiger partial charge in [-0.25, -0.2) is 4.98 Å². The fraction of sp³-hybridized carbons (Fsp3) is 0.345. The Morgan fingerprint density at radius 2 is 1.98 bits per heavy atom. The van der Waals surface area contributed by atoms with E-state index >= 15 is 0 Å². The van der Waals surface area contributed by atoms with Gasteiger partial charge in [0.15, 0.2) is 5.69 Å². The lowest BCUT2D eigenvalue weighted by atomic mass is 9.86. The van der Waals surface area contributed by atoms with Crippen LogP contribution in [0.4, 0.5) is 13.2 Å². The van der Waals surface area contributed by atoms with E-state index in [9.17, 15) is 18.0 Å². The Morgan fingerprint density at radius 3 is 2.73 bits per heavy atom. The summed E-state index contributed by atoms with van der Waals surface area (Å²) in [5.74, 6) is 1.16. The minimum absolute atomic E-state index is 0.0297. The summed E-state index contributed by atoms with van der Waals surface area (Å²) >= 11 is 0. The van der Waals surface area contributed by atoms with Gasteiger partial charge in [0.05, 0.1) is 26.1 Å². The lowest BCUT2D eigenvalue weighted by Crippen LogP contribution is -2.40. The number of carbonyl (C=O) groups is 1. The average Bonchev–Trinajstić information content (AvgIpc) is 3.53. The number of hydrogen-bond acceptors (Lipinski definition) is 5. The van der Waals surface area contributed by atoms with Gasteiger partial charge in [-0.15, -0.1) is 0 Å². The second-order valence-electron chi connectivity index (χ2n) is 10.1. The van der Waals surface area contributed by atoms with Crippen LogP contribution in [0.25, 0.3) is 11.1 Å². The van der Waals surface area contributed by atoms with Crippen molar-refractivity contribution in [1.82, 2.24) is 24.2 Å². The average molecular weight is 552 g/mol. The third-order valence-electron chi connectivity index (χ3n) is 7.55. The zero-order valence-corrected chi connectivity index (χ0v) is 22.1. The molecule has 4 aromatic rings. The van der Waals surface area contributed by atoms with Crippen molar-refractivity contribution in [3.63, 3.8) is 0 Å². The van der Waals surface area contributed by atoms with Gasteiger partial charge in [0, 0.05) is 55.4 Å². The van der Waals surface area contributed by atoms with E-state index < -0.39 is 11.9 Å². The SMILES string of the molecule is COc1ccc2c(c1)[C@@H](N1CCc3c(cc(Cn4ccnc4)cc3-c3cn(C)nc3C(F)(F)F)C1=O)CCCO2. The number of aromatic nitrogens is 4. The largest absolute Gasteiger partial charge is 0.497 e. The maximum Gasteiger partial charge on any atom is 0.435 e. The van der Waals surface area contributed by atoms with Crippen LogP contribution in [0, 0.1) is 0 Å². The molecule has 1 amide bonds. The Morgan fingerprint density at radius 1 is 1.15 bits per heavy atom. The molecule has 2 aliphatic heterocycles. The quantitative estimate of drug-likeness (QED) is 0.338. The summed E-state index contributed by atoms with van der Waals surface area (Å²) in [4.78, 5) is 20.1. The van der Waals surface area contributed by atoms with Crippen molar-refractivity contribution in [3.8, 4) is 22.6 Å². The molecule has 1 atom stereocenters. The maximum atomic E-state index is 14.2. The van der Waals surface area contributed by atoms with Gasteiger partial charge < -0.3 is 18.9 Å². The van der Waals surface area contributed by atoms with Crippen LogP contribution in [0.1, 0.15) is 51.6 Å². The molecule has 0 radical (unpaired) electrons. The molecule has 40 heavy (non-hydrogen) atoms. The Bertz CT molecular complexity index is 1560. The van der Waals surface area contributed by atoms with Crippen molar-refractivity contribution in [1.29, 1.82) is 0 Å². The van der Waals surface area contributed by atoms with Crippen LogP contribution in [0.3, 0.4) is 0 Å². The fourth-order valence-corrected chi connectivity index (χ4v) is 5.78. The lowest BCUT2D eigenvalue weighted by molar-refractivity contribution is -0.140. The van der Waals surface area contributed by atoms with Gasteiger partial charge in [0.2, 0.25) is 0 Å². The second-order valence-corrected chi connectivity index (χ2v) is 10.1.